The summed E-state index contributed by atoms with van der Waals surface area (Å²) in [7, 11) is -2.10. The third-order valence-corrected chi connectivity index (χ3v) is 5.24. The Hall–Kier alpha value is -1.64. The maximum atomic E-state index is 11.8. The molecule has 8 heteroatoms. The number of nitrogens with one attached hydrogen (secondary N) is 2. The summed E-state index contributed by atoms with van der Waals surface area (Å²) in [6.45, 7) is 2.49. The lowest BCUT2D eigenvalue weighted by Gasteiger charge is -2.11. The maximum Gasteiger partial charge on any atom is 0.240 e. The van der Waals surface area contributed by atoms with Crippen molar-refractivity contribution >= 4 is 32.7 Å². The van der Waals surface area contributed by atoms with Crippen molar-refractivity contribution < 1.29 is 8.42 Å². The van der Waals surface area contributed by atoms with Crippen LogP contribution >= 0.6 is 11.3 Å². The van der Waals surface area contributed by atoms with Crippen LogP contribution < -0.4 is 15.8 Å². The molecule has 0 unspecified atom stereocenters. The predicted octanol–water partition coefficient (Wildman–Crippen LogP) is 1.55. The number of benzene rings is 1. The standard InChI is InChI=1S/C12H16N4O2S2/c1-8-12(19-7-16-8)6-15-11-5-9(3-4-10(11)13)20(17,18)14-2/h3-5,7,14-15H,6,13H2,1-2H3. The summed E-state index contributed by atoms with van der Waals surface area (Å²) in [5.74, 6) is 0. The number of hydrogen-bond acceptors (Lipinski definition) is 6. The predicted molar refractivity (Wildman–Crippen MR) is 81.3 cm³/mol. The van der Waals surface area contributed by atoms with E-state index in [1.807, 2.05) is 6.92 Å². The quantitative estimate of drug-likeness (QED) is 0.728. The lowest BCUT2D eigenvalue weighted by atomic mass is 10.2. The number of nitrogens with two attached hydrogens (primary N) is 1. The van der Waals surface area contributed by atoms with E-state index in [9.17, 15) is 8.42 Å². The number of hydrogen-bond donors (Lipinski definition) is 3. The summed E-state index contributed by atoms with van der Waals surface area (Å²) >= 11 is 1.54. The Kier molecular flexibility index (Phi) is 4.26. The Morgan fingerprint density at radius 2 is 2.15 bits per heavy atom. The van der Waals surface area contributed by atoms with Gasteiger partial charge in [0.05, 0.1) is 34.0 Å². The van der Waals surface area contributed by atoms with Gasteiger partial charge in [0.15, 0.2) is 0 Å². The van der Waals surface area contributed by atoms with Crippen molar-refractivity contribution in [3.63, 3.8) is 0 Å². The van der Waals surface area contributed by atoms with Gasteiger partial charge in [-0.2, -0.15) is 0 Å². The minimum absolute atomic E-state index is 0.178. The molecule has 6 nitrogen and oxygen atoms in total. The van der Waals surface area contributed by atoms with Gasteiger partial charge in [0, 0.05) is 4.88 Å². The number of aromatic nitrogens is 1. The molecular formula is C12H16N4O2S2. The number of aryl methyl sites for hydroxylation is 1. The lowest BCUT2D eigenvalue weighted by Crippen LogP contribution is -2.18. The lowest BCUT2D eigenvalue weighted by molar-refractivity contribution is 0.588. The molecule has 0 radical (unpaired) electrons. The molecule has 0 atom stereocenters. The molecule has 108 valence electrons. The number of sulfonamides is 1. The zero-order valence-corrected chi connectivity index (χ0v) is 12.8. The molecule has 20 heavy (non-hydrogen) atoms. The summed E-state index contributed by atoms with van der Waals surface area (Å²) < 4.78 is 25.8. The molecule has 0 saturated carbocycles. The molecule has 2 rings (SSSR count). The van der Waals surface area contributed by atoms with Gasteiger partial charge in [-0.05, 0) is 32.2 Å². The molecule has 0 aliphatic carbocycles. The molecule has 0 saturated heterocycles. The van der Waals surface area contributed by atoms with E-state index in [-0.39, 0.29) is 4.90 Å². The van der Waals surface area contributed by atoms with Crippen molar-refractivity contribution in [1.82, 2.24) is 9.71 Å². The van der Waals surface area contributed by atoms with Gasteiger partial charge in [0.25, 0.3) is 0 Å². The zero-order valence-electron chi connectivity index (χ0n) is 11.2. The van der Waals surface area contributed by atoms with Gasteiger partial charge < -0.3 is 11.1 Å². The second-order valence-electron chi connectivity index (χ2n) is 4.17. The number of rotatable bonds is 5. The smallest absolute Gasteiger partial charge is 0.240 e. The van der Waals surface area contributed by atoms with Crippen LogP contribution in [0.2, 0.25) is 0 Å². The van der Waals surface area contributed by atoms with Crippen molar-refractivity contribution in [3.8, 4) is 0 Å². The van der Waals surface area contributed by atoms with E-state index in [2.05, 4.69) is 15.0 Å². The second-order valence-corrected chi connectivity index (χ2v) is 7.00. The Labute approximate surface area is 122 Å². The molecule has 1 aromatic heterocycles. The highest BCUT2D eigenvalue weighted by atomic mass is 32.2. The molecule has 0 fully saturated rings. The fourth-order valence-corrected chi connectivity index (χ4v) is 3.12. The maximum absolute atomic E-state index is 11.8. The first kappa shape index (κ1) is 14.8. The minimum atomic E-state index is -3.47. The topological polar surface area (TPSA) is 97.1 Å². The molecule has 1 heterocycles. The fraction of sp³-hybridized carbons (Fsp3) is 0.250. The van der Waals surface area contributed by atoms with Crippen LogP contribution in [-0.4, -0.2) is 20.4 Å². The highest BCUT2D eigenvalue weighted by Gasteiger charge is 2.13. The van der Waals surface area contributed by atoms with Gasteiger partial charge in [-0.15, -0.1) is 11.3 Å². The number of nitrogens with zero attached hydrogens (tertiary/aromatic N) is 1. The SMILES string of the molecule is CNS(=O)(=O)c1ccc(N)c(NCc2scnc2C)c1. The minimum Gasteiger partial charge on any atom is -0.397 e. The fourth-order valence-electron chi connectivity index (χ4n) is 1.64. The van der Waals surface area contributed by atoms with Crippen LogP contribution in [0.15, 0.2) is 28.6 Å². The number of thiazole rings is 1. The van der Waals surface area contributed by atoms with Crippen LogP contribution in [0, 0.1) is 6.92 Å². The van der Waals surface area contributed by atoms with Crippen LogP contribution in [0.4, 0.5) is 11.4 Å². The molecule has 1 aromatic carbocycles. The third kappa shape index (κ3) is 3.09. The molecule has 0 spiro atoms. The summed E-state index contributed by atoms with van der Waals surface area (Å²) in [6.07, 6.45) is 0. The van der Waals surface area contributed by atoms with Crippen LogP contribution in [0.5, 0.6) is 0 Å². The Morgan fingerprint density at radius 3 is 2.75 bits per heavy atom. The number of anilines is 2. The molecule has 4 N–H and O–H groups in total. The molecule has 0 aliphatic rings. The van der Waals surface area contributed by atoms with E-state index in [0.29, 0.717) is 17.9 Å². The van der Waals surface area contributed by atoms with Crippen LogP contribution in [0.25, 0.3) is 0 Å². The summed E-state index contributed by atoms with van der Waals surface area (Å²) in [5.41, 5.74) is 9.69. The van der Waals surface area contributed by atoms with E-state index in [0.717, 1.165) is 10.6 Å². The van der Waals surface area contributed by atoms with Crippen LogP contribution in [0.1, 0.15) is 10.6 Å². The van der Waals surface area contributed by atoms with Gasteiger partial charge in [-0.25, -0.2) is 18.1 Å². The first-order valence-corrected chi connectivity index (χ1v) is 8.26. The van der Waals surface area contributed by atoms with Gasteiger partial charge >= 0.3 is 0 Å². The van der Waals surface area contributed by atoms with Gasteiger partial charge in [-0.3, -0.25) is 0 Å². The van der Waals surface area contributed by atoms with Crippen molar-refractivity contribution in [2.45, 2.75) is 18.4 Å². The van der Waals surface area contributed by atoms with Crippen molar-refractivity contribution in [3.05, 3.63) is 34.3 Å². The monoisotopic (exact) mass is 312 g/mol. The van der Waals surface area contributed by atoms with E-state index in [4.69, 9.17) is 5.73 Å². The van der Waals surface area contributed by atoms with E-state index in [1.165, 1.54) is 19.2 Å². The average molecular weight is 312 g/mol. The largest absolute Gasteiger partial charge is 0.397 e. The van der Waals surface area contributed by atoms with E-state index < -0.39 is 10.0 Å². The van der Waals surface area contributed by atoms with Crippen molar-refractivity contribution in [1.29, 1.82) is 0 Å². The van der Waals surface area contributed by atoms with E-state index >= 15 is 0 Å². The highest BCUT2D eigenvalue weighted by Crippen LogP contribution is 2.24. The Morgan fingerprint density at radius 1 is 1.40 bits per heavy atom. The Bertz CT molecular complexity index is 710. The molecule has 2 aromatic rings. The van der Waals surface area contributed by atoms with Gasteiger partial charge in [0.1, 0.15) is 0 Å². The third-order valence-electron chi connectivity index (χ3n) is 2.89. The van der Waals surface area contributed by atoms with Crippen LogP contribution in [0.3, 0.4) is 0 Å². The normalized spacial score (nSPS) is 11.5. The average Bonchev–Trinajstić information content (AvgIpc) is 2.83. The van der Waals surface area contributed by atoms with Crippen molar-refractivity contribution in [2.75, 3.05) is 18.1 Å². The summed E-state index contributed by atoms with van der Waals surface area (Å²) in [4.78, 5) is 5.43. The first-order chi connectivity index (χ1) is 9.44. The van der Waals surface area contributed by atoms with Gasteiger partial charge in [-0.1, -0.05) is 0 Å². The first-order valence-electron chi connectivity index (χ1n) is 5.90. The molecular weight excluding hydrogens is 296 g/mol. The van der Waals surface area contributed by atoms with E-state index in [1.54, 1.807) is 22.9 Å². The second kappa shape index (κ2) is 5.78. The zero-order chi connectivity index (χ0) is 14.8. The van der Waals surface area contributed by atoms with Crippen LogP contribution in [-0.2, 0) is 16.6 Å². The molecule has 0 amide bonds. The number of nitrogen functional groups attached to an aromatic ring is 1. The summed E-state index contributed by atoms with van der Waals surface area (Å²) in [6, 6.07) is 4.58. The Balaban J connectivity index is 2.24. The highest BCUT2D eigenvalue weighted by molar-refractivity contribution is 7.89. The molecule has 0 bridgehead atoms. The summed E-state index contributed by atoms with van der Waals surface area (Å²) in [5, 5.41) is 3.15. The molecule has 0 aliphatic heterocycles. The van der Waals surface area contributed by atoms with Gasteiger partial charge in [0.2, 0.25) is 10.0 Å². The van der Waals surface area contributed by atoms with Crippen molar-refractivity contribution in [2.24, 2.45) is 0 Å².